The fourth-order valence-electron chi connectivity index (χ4n) is 16.0. The number of carbonyl (C=O) groups excluding carboxylic acids is 2. The molecular formula is C119H166N20O6S. The number of anilines is 8. The highest BCUT2D eigenvalue weighted by Gasteiger charge is 2.46. The molecule has 0 saturated heterocycles. The summed E-state index contributed by atoms with van der Waals surface area (Å²) in [4.78, 5) is 23.9. The molecule has 15 rings (SSSR count). The van der Waals surface area contributed by atoms with Crippen LogP contribution in [0.3, 0.4) is 0 Å². The number of ether oxygens (including phenoxy) is 2. The lowest BCUT2D eigenvalue weighted by Gasteiger charge is -2.34. The summed E-state index contributed by atoms with van der Waals surface area (Å²) in [5.74, 6) is 0.661. The van der Waals surface area contributed by atoms with E-state index in [9.17, 15) is 18.0 Å². The number of sulfone groups is 1. The van der Waals surface area contributed by atoms with Crippen LogP contribution in [0.5, 0.6) is 0 Å². The van der Waals surface area contributed by atoms with Gasteiger partial charge < -0.3 is 122 Å². The van der Waals surface area contributed by atoms with E-state index >= 15 is 0 Å². The second-order valence-corrected chi connectivity index (χ2v) is 37.5. The molecule has 2 atom stereocenters. The van der Waals surface area contributed by atoms with Crippen molar-refractivity contribution in [2.45, 2.75) is 158 Å². The van der Waals surface area contributed by atoms with E-state index in [4.69, 9.17) is 101 Å². The maximum absolute atomic E-state index is 12.2. The maximum atomic E-state index is 12.2. The number of esters is 2. The summed E-state index contributed by atoms with van der Waals surface area (Å²) in [6.45, 7) is 19.1. The Hall–Kier alpha value is -13.3. The number of fused-ring (bicyclic) bond motifs is 3. The van der Waals surface area contributed by atoms with Gasteiger partial charge in [0, 0.05) is 91.2 Å². The zero-order chi connectivity index (χ0) is 106. The minimum Gasteiger partial charge on any atom is -0.462 e. The molecule has 1 fully saturated rings. The Kier molecular flexibility index (Phi) is 59.9. The van der Waals surface area contributed by atoms with Gasteiger partial charge in [-0.3, -0.25) is 0 Å². The molecule has 0 radical (unpaired) electrons. The van der Waals surface area contributed by atoms with E-state index in [2.05, 4.69) is 169 Å². The van der Waals surface area contributed by atoms with Crippen molar-refractivity contribution in [3.05, 3.63) is 394 Å². The molecule has 27 heteroatoms. The SMILES string of the molecule is CCNCCCNCC.NCC1CCCC(CN)C1.NCCCCCCCN.NCCCCCCN.NCc1ccc(CN)cc1.Nc1ccc(C(=O)OCCCOC(=O)c2ccc(N)cc2)cc1.Nc1ccc(C2(c3ccc(N)cc3)c3ccccc3-c3ccccc32)cc1.Nc1ccc(S(=O)(=O)c2ccc(N)cc2)cc1.Nc1cccc(Cc2cccc(N)c2)c1.c1ccc(CNCCNCc2ccccc2)cc1. The third-order valence-corrected chi connectivity index (χ3v) is 25.8. The topological polar surface area (TPSA) is 551 Å². The van der Waals surface area contributed by atoms with E-state index in [1.807, 2.05) is 97.1 Å². The molecule has 146 heavy (non-hydrogen) atoms. The molecule has 13 aromatic carbocycles. The van der Waals surface area contributed by atoms with Gasteiger partial charge in [-0.25, -0.2) is 18.0 Å². The molecule has 784 valence electrons. The molecule has 1 saturated carbocycles. The molecule has 36 N–H and O–H groups in total. The molecule has 26 nitrogen and oxygen atoms in total. The van der Waals surface area contributed by atoms with Gasteiger partial charge in [-0.15, -0.1) is 0 Å². The van der Waals surface area contributed by atoms with Gasteiger partial charge in [-0.2, -0.15) is 0 Å². The molecule has 0 aromatic heterocycles. The normalized spacial score (nSPS) is 12.6. The van der Waals surface area contributed by atoms with Crippen molar-refractivity contribution >= 4 is 67.3 Å². The summed E-state index contributed by atoms with van der Waals surface area (Å²) in [5, 5.41) is 13.4. The van der Waals surface area contributed by atoms with Crippen LogP contribution in [0.2, 0.25) is 0 Å². The van der Waals surface area contributed by atoms with Gasteiger partial charge in [0.25, 0.3) is 0 Å². The van der Waals surface area contributed by atoms with Crippen LogP contribution < -0.4 is 113 Å². The lowest BCUT2D eigenvalue weighted by Crippen LogP contribution is -2.28. The average Bonchev–Trinajstić information content (AvgIpc) is 1.54. The summed E-state index contributed by atoms with van der Waals surface area (Å²) in [6.07, 6.45) is 18.8. The Bertz CT molecular complexity index is 5410. The Morgan fingerprint density at radius 1 is 0.315 bits per heavy atom. The smallest absolute Gasteiger partial charge is 0.338 e. The van der Waals surface area contributed by atoms with E-state index in [0.717, 1.165) is 157 Å². The van der Waals surface area contributed by atoms with Crippen LogP contribution in [-0.2, 0) is 57.3 Å². The van der Waals surface area contributed by atoms with E-state index in [-0.39, 0.29) is 28.4 Å². The van der Waals surface area contributed by atoms with Gasteiger partial charge in [0.15, 0.2) is 0 Å². The number of nitrogen functional groups attached to an aromatic ring is 8. The number of hydrogen-bond donors (Lipinski definition) is 20. The van der Waals surface area contributed by atoms with Crippen molar-refractivity contribution in [1.29, 1.82) is 0 Å². The Balaban J connectivity index is 0.000000255. The van der Waals surface area contributed by atoms with Crippen molar-refractivity contribution in [3.8, 4) is 11.1 Å². The summed E-state index contributed by atoms with van der Waals surface area (Å²) >= 11 is 0. The molecule has 13 aromatic rings. The van der Waals surface area contributed by atoms with Gasteiger partial charge in [0.1, 0.15) is 0 Å². The van der Waals surface area contributed by atoms with Crippen LogP contribution in [0.1, 0.15) is 187 Å². The summed E-state index contributed by atoms with van der Waals surface area (Å²) in [5.41, 5.74) is 110. The quantitative estimate of drug-likeness (QED) is 0.00963. The van der Waals surface area contributed by atoms with Crippen LogP contribution in [0.15, 0.2) is 337 Å². The molecule has 0 spiro atoms. The predicted octanol–water partition coefficient (Wildman–Crippen LogP) is 17.4. The van der Waals surface area contributed by atoms with E-state index in [1.165, 1.54) is 157 Å². The van der Waals surface area contributed by atoms with Crippen LogP contribution in [0.25, 0.3) is 11.1 Å². The second-order valence-electron chi connectivity index (χ2n) is 35.6. The largest absolute Gasteiger partial charge is 0.462 e. The molecule has 2 aliphatic carbocycles. The molecule has 2 aliphatic rings. The average molecular weight is 2000 g/mol. The number of carbonyl (C=O) groups is 2. The zero-order valence-electron chi connectivity index (χ0n) is 86.0. The van der Waals surface area contributed by atoms with Crippen molar-refractivity contribution in [1.82, 2.24) is 21.3 Å². The number of benzene rings is 13. The lowest BCUT2D eigenvalue weighted by atomic mass is 9.67. The first-order valence-electron chi connectivity index (χ1n) is 51.1. The Labute approximate surface area is 869 Å². The summed E-state index contributed by atoms with van der Waals surface area (Å²) < 4.78 is 34.5. The molecule has 0 amide bonds. The number of hydrogen-bond acceptors (Lipinski definition) is 26. The minimum atomic E-state index is -3.48. The fourth-order valence-corrected chi connectivity index (χ4v) is 17.2. The van der Waals surface area contributed by atoms with Crippen LogP contribution >= 0.6 is 0 Å². The van der Waals surface area contributed by atoms with E-state index in [0.29, 0.717) is 53.4 Å². The Morgan fingerprint density at radius 2 is 0.630 bits per heavy atom. The van der Waals surface area contributed by atoms with Gasteiger partial charge >= 0.3 is 11.9 Å². The van der Waals surface area contributed by atoms with Gasteiger partial charge in [-0.05, 0) is 347 Å². The maximum Gasteiger partial charge on any atom is 0.338 e. The van der Waals surface area contributed by atoms with Crippen LogP contribution in [0, 0.1) is 11.8 Å². The second kappa shape index (κ2) is 72.0. The first-order valence-corrected chi connectivity index (χ1v) is 52.6. The highest BCUT2D eigenvalue weighted by atomic mass is 32.2. The minimum absolute atomic E-state index is 0.165. The van der Waals surface area contributed by atoms with Crippen molar-refractivity contribution in [2.75, 3.05) is 138 Å². The van der Waals surface area contributed by atoms with Gasteiger partial charge in [0.05, 0.1) is 39.5 Å². The third-order valence-electron chi connectivity index (χ3n) is 24.0. The molecule has 2 unspecified atom stereocenters. The van der Waals surface area contributed by atoms with Gasteiger partial charge in [-0.1, -0.05) is 234 Å². The number of rotatable bonds is 40. The molecule has 0 bridgehead atoms. The van der Waals surface area contributed by atoms with Crippen molar-refractivity contribution in [2.24, 2.45) is 57.7 Å². The third kappa shape index (κ3) is 45.9. The van der Waals surface area contributed by atoms with Crippen molar-refractivity contribution < 1.29 is 27.5 Å². The Morgan fingerprint density at radius 3 is 0.952 bits per heavy atom. The molecular weight excluding hydrogens is 1840 g/mol. The monoisotopic (exact) mass is 2000 g/mol. The molecule has 0 heterocycles. The van der Waals surface area contributed by atoms with E-state index in [1.54, 1.807) is 72.8 Å². The lowest BCUT2D eigenvalue weighted by molar-refractivity contribution is 0.0395. The standard InChI is InChI=1S/C25H20N2.C17H18N2O4.C16H20N2.C13H14N2.C12H12N2O2S.C8H12N2.C8H18N2.2C7H18N2.C6H16N2/c26-19-13-9-17(10-14-19)25(18-11-15-20(27)16-12-18)23-7-3-1-5-21(23)22-6-2-4-8-24(22)25;18-14-6-2-12(3-7-14)16(20)22-10-1-11-23-17(21)13-4-8-15(19)9-5-13;1-3-7-15(8-4-1)13-17-11-12-18-14-16-9-5-2-6-10-16;14-12-5-1-3-10(8-12)7-11-4-2-6-13(15)9-11;13-9-1-5-11(6-2-9)17(15,16)12-7-3-10(14)4-8-12;9-5-7-1-2-8(6-10)4-3-7;9-5-7-2-1-3-8(4-7)6-10;1-3-8-6-5-7-9-4-2;8-6-4-2-1-3-5-7-9;7-5-3-1-2-4-6-8/h1-16H,26-27H2;2-9H,1,10-11,18-19H2;1-10,17-18H,11-14H2;1-6,8-9H,7,14-15H2;1-8H,13-14H2;1-4H,5-6,9-10H2;7-8H,1-6,9-10H2;8-9H,3-7H2,1-2H3;1-9H2;1-8H2. The predicted molar refractivity (Wildman–Crippen MR) is 613 cm³/mol. The fraction of sp³-hybridized carbons (Fsp3) is 0.328. The first-order chi connectivity index (χ1) is 70.9. The number of nitrogens with two attached hydrogens (primary N) is 16. The molecule has 0 aliphatic heterocycles. The highest BCUT2D eigenvalue weighted by Crippen LogP contribution is 2.56. The highest BCUT2D eigenvalue weighted by molar-refractivity contribution is 7.91. The number of unbranched alkanes of at least 4 members (excludes halogenated alkanes) is 7. The van der Waals surface area contributed by atoms with Crippen LogP contribution in [0.4, 0.5) is 45.5 Å². The first kappa shape index (κ1) is 121. The van der Waals surface area contributed by atoms with Crippen LogP contribution in [-0.4, -0.2) is 112 Å². The van der Waals surface area contributed by atoms with Gasteiger partial charge in [0.2, 0.25) is 9.84 Å². The summed E-state index contributed by atoms with van der Waals surface area (Å²) in [7, 11) is -3.48. The van der Waals surface area contributed by atoms with Crippen molar-refractivity contribution in [3.63, 3.8) is 0 Å². The zero-order valence-corrected chi connectivity index (χ0v) is 86.8. The van der Waals surface area contributed by atoms with E-state index < -0.39 is 21.8 Å². The number of nitrogens with one attached hydrogen (secondary N) is 4. The summed E-state index contributed by atoms with van der Waals surface area (Å²) in [6, 6.07) is 104.